The van der Waals surface area contributed by atoms with Crippen LogP contribution in [0, 0.1) is 6.92 Å². The lowest BCUT2D eigenvalue weighted by Crippen LogP contribution is -2.16. The van der Waals surface area contributed by atoms with Crippen molar-refractivity contribution in [1.82, 2.24) is 0 Å². The van der Waals surface area contributed by atoms with Crippen LogP contribution in [0.5, 0.6) is 0 Å². The zero-order chi connectivity index (χ0) is 13.0. The minimum Gasteiger partial charge on any atom is -0.469 e. The molecule has 0 aliphatic rings. The SMILES string of the molecule is Cc1c(Br)cccc1NC(C)CCc1ccco1. The fourth-order valence-corrected chi connectivity index (χ4v) is 2.28. The van der Waals surface area contributed by atoms with Crippen molar-refractivity contribution in [1.29, 1.82) is 0 Å². The van der Waals surface area contributed by atoms with Crippen molar-refractivity contribution < 1.29 is 4.42 Å². The second-order valence-electron chi connectivity index (χ2n) is 4.58. The summed E-state index contributed by atoms with van der Waals surface area (Å²) in [6.45, 7) is 4.31. The topological polar surface area (TPSA) is 25.2 Å². The van der Waals surface area contributed by atoms with Crippen LogP contribution in [0.15, 0.2) is 45.5 Å². The van der Waals surface area contributed by atoms with E-state index in [2.05, 4.69) is 53.3 Å². The van der Waals surface area contributed by atoms with E-state index in [1.165, 1.54) is 11.3 Å². The molecule has 96 valence electrons. The van der Waals surface area contributed by atoms with Crippen molar-refractivity contribution in [3.8, 4) is 0 Å². The van der Waals surface area contributed by atoms with Crippen LogP contribution < -0.4 is 5.32 Å². The highest BCUT2D eigenvalue weighted by Crippen LogP contribution is 2.24. The Bertz CT molecular complexity index is 493. The fourth-order valence-electron chi connectivity index (χ4n) is 1.92. The molecular weight excluding hydrogens is 290 g/mol. The lowest BCUT2D eigenvalue weighted by Gasteiger charge is -2.17. The first-order valence-electron chi connectivity index (χ1n) is 6.21. The van der Waals surface area contributed by atoms with E-state index in [1.807, 2.05) is 12.1 Å². The molecule has 0 aliphatic heterocycles. The van der Waals surface area contributed by atoms with Crippen molar-refractivity contribution in [3.05, 3.63) is 52.4 Å². The van der Waals surface area contributed by atoms with Gasteiger partial charge < -0.3 is 9.73 Å². The Labute approximate surface area is 117 Å². The van der Waals surface area contributed by atoms with Gasteiger partial charge in [-0.3, -0.25) is 0 Å². The molecule has 1 aromatic heterocycles. The highest BCUT2D eigenvalue weighted by molar-refractivity contribution is 9.10. The monoisotopic (exact) mass is 307 g/mol. The van der Waals surface area contributed by atoms with Gasteiger partial charge >= 0.3 is 0 Å². The standard InChI is InChI=1S/C15H18BrNO/c1-11(8-9-13-5-4-10-18-13)17-15-7-3-6-14(16)12(15)2/h3-7,10-11,17H,8-9H2,1-2H3. The predicted octanol–water partition coefficient (Wildman–Crippen LogP) is 4.78. The van der Waals surface area contributed by atoms with Gasteiger partial charge in [0.1, 0.15) is 5.76 Å². The first-order valence-corrected chi connectivity index (χ1v) is 7.00. The van der Waals surface area contributed by atoms with E-state index in [4.69, 9.17) is 4.42 Å². The number of nitrogens with one attached hydrogen (secondary N) is 1. The average Bonchev–Trinajstić information content (AvgIpc) is 2.86. The predicted molar refractivity (Wildman–Crippen MR) is 79.0 cm³/mol. The quantitative estimate of drug-likeness (QED) is 0.859. The third-order valence-electron chi connectivity index (χ3n) is 3.07. The van der Waals surface area contributed by atoms with Crippen LogP contribution in [-0.2, 0) is 6.42 Å². The zero-order valence-corrected chi connectivity index (χ0v) is 12.3. The van der Waals surface area contributed by atoms with E-state index < -0.39 is 0 Å². The minimum atomic E-state index is 0.420. The maximum Gasteiger partial charge on any atom is 0.103 e. The second-order valence-corrected chi connectivity index (χ2v) is 5.43. The molecule has 1 atom stereocenters. The molecule has 1 N–H and O–H groups in total. The van der Waals surface area contributed by atoms with Gasteiger partial charge in [-0.2, -0.15) is 0 Å². The van der Waals surface area contributed by atoms with Crippen LogP contribution in [0.2, 0.25) is 0 Å². The molecule has 0 spiro atoms. The van der Waals surface area contributed by atoms with E-state index in [9.17, 15) is 0 Å². The lowest BCUT2D eigenvalue weighted by molar-refractivity contribution is 0.495. The Balaban J connectivity index is 1.90. The van der Waals surface area contributed by atoms with Gasteiger partial charge in [-0.1, -0.05) is 22.0 Å². The highest BCUT2D eigenvalue weighted by Gasteiger charge is 2.07. The number of halogens is 1. The van der Waals surface area contributed by atoms with Crippen molar-refractivity contribution >= 4 is 21.6 Å². The summed E-state index contributed by atoms with van der Waals surface area (Å²) in [5.74, 6) is 1.05. The van der Waals surface area contributed by atoms with Crippen molar-refractivity contribution in [2.24, 2.45) is 0 Å². The zero-order valence-electron chi connectivity index (χ0n) is 10.7. The van der Waals surface area contributed by atoms with Gasteiger partial charge in [-0.05, 0) is 50.1 Å². The van der Waals surface area contributed by atoms with Crippen LogP contribution >= 0.6 is 15.9 Å². The van der Waals surface area contributed by atoms with E-state index in [-0.39, 0.29) is 0 Å². The summed E-state index contributed by atoms with van der Waals surface area (Å²) in [5, 5.41) is 3.54. The summed E-state index contributed by atoms with van der Waals surface area (Å²) in [6.07, 6.45) is 3.75. The van der Waals surface area contributed by atoms with Crippen LogP contribution in [0.25, 0.3) is 0 Å². The second kappa shape index (κ2) is 6.10. The summed E-state index contributed by atoms with van der Waals surface area (Å²) in [6, 6.07) is 10.6. The van der Waals surface area contributed by atoms with Crippen LogP contribution in [0.1, 0.15) is 24.7 Å². The van der Waals surface area contributed by atoms with Gasteiger partial charge in [0.25, 0.3) is 0 Å². The Morgan fingerprint density at radius 3 is 2.83 bits per heavy atom. The average molecular weight is 308 g/mol. The smallest absolute Gasteiger partial charge is 0.103 e. The summed E-state index contributed by atoms with van der Waals surface area (Å²) in [7, 11) is 0. The summed E-state index contributed by atoms with van der Waals surface area (Å²) in [5.41, 5.74) is 2.44. The molecule has 0 aliphatic carbocycles. The number of aryl methyl sites for hydroxylation is 1. The van der Waals surface area contributed by atoms with E-state index >= 15 is 0 Å². The summed E-state index contributed by atoms with van der Waals surface area (Å²) < 4.78 is 6.49. The Morgan fingerprint density at radius 2 is 2.11 bits per heavy atom. The highest BCUT2D eigenvalue weighted by atomic mass is 79.9. The molecule has 0 saturated heterocycles. The molecule has 2 nitrogen and oxygen atoms in total. The molecule has 3 heteroatoms. The third-order valence-corrected chi connectivity index (χ3v) is 3.93. The molecule has 0 bridgehead atoms. The first-order chi connectivity index (χ1) is 8.66. The lowest BCUT2D eigenvalue weighted by atomic mass is 10.1. The Hall–Kier alpha value is -1.22. The molecule has 18 heavy (non-hydrogen) atoms. The number of benzene rings is 1. The maximum absolute atomic E-state index is 5.34. The molecular formula is C15H18BrNO. The van der Waals surface area contributed by atoms with Crippen molar-refractivity contribution in [2.75, 3.05) is 5.32 Å². The van der Waals surface area contributed by atoms with E-state index in [0.717, 1.165) is 23.1 Å². The van der Waals surface area contributed by atoms with Crippen LogP contribution in [-0.4, -0.2) is 6.04 Å². The molecule has 0 fully saturated rings. The molecule has 2 rings (SSSR count). The third kappa shape index (κ3) is 3.39. The van der Waals surface area contributed by atoms with Gasteiger partial charge in [-0.15, -0.1) is 0 Å². The molecule has 1 heterocycles. The molecule has 0 amide bonds. The largest absolute Gasteiger partial charge is 0.469 e. The molecule has 2 aromatic rings. The fraction of sp³-hybridized carbons (Fsp3) is 0.333. The van der Waals surface area contributed by atoms with Crippen molar-refractivity contribution in [3.63, 3.8) is 0 Å². The first kappa shape index (κ1) is 13.2. The summed E-state index contributed by atoms with van der Waals surface area (Å²) in [4.78, 5) is 0. The molecule has 1 aromatic carbocycles. The van der Waals surface area contributed by atoms with Crippen molar-refractivity contribution in [2.45, 2.75) is 32.7 Å². The minimum absolute atomic E-state index is 0.420. The number of anilines is 1. The van der Waals surface area contributed by atoms with E-state index in [1.54, 1.807) is 6.26 Å². The Morgan fingerprint density at radius 1 is 1.28 bits per heavy atom. The van der Waals surface area contributed by atoms with Gasteiger partial charge in [0, 0.05) is 22.6 Å². The van der Waals surface area contributed by atoms with Crippen LogP contribution in [0.3, 0.4) is 0 Å². The maximum atomic E-state index is 5.34. The Kier molecular flexibility index (Phi) is 4.48. The summed E-state index contributed by atoms with van der Waals surface area (Å²) >= 11 is 3.55. The number of hydrogen-bond acceptors (Lipinski definition) is 2. The van der Waals surface area contributed by atoms with Gasteiger partial charge in [0.15, 0.2) is 0 Å². The normalized spacial score (nSPS) is 12.4. The number of furan rings is 1. The van der Waals surface area contributed by atoms with Crippen LogP contribution in [0.4, 0.5) is 5.69 Å². The van der Waals surface area contributed by atoms with E-state index in [0.29, 0.717) is 6.04 Å². The molecule has 0 saturated carbocycles. The molecule has 0 radical (unpaired) electrons. The number of hydrogen-bond donors (Lipinski definition) is 1. The van der Waals surface area contributed by atoms with Gasteiger partial charge in [0.05, 0.1) is 6.26 Å². The van der Waals surface area contributed by atoms with Gasteiger partial charge in [-0.25, -0.2) is 0 Å². The van der Waals surface area contributed by atoms with Gasteiger partial charge in [0.2, 0.25) is 0 Å². The number of rotatable bonds is 5. The molecule has 1 unspecified atom stereocenters.